The van der Waals surface area contributed by atoms with Crippen molar-refractivity contribution in [2.24, 2.45) is 5.92 Å². The van der Waals surface area contributed by atoms with Gasteiger partial charge in [-0.2, -0.15) is 0 Å². The Balaban J connectivity index is 1.57. The van der Waals surface area contributed by atoms with E-state index in [9.17, 15) is 13.2 Å². The molecule has 1 aliphatic heterocycles. The maximum Gasteiger partial charge on any atom is 0.240 e. The van der Waals surface area contributed by atoms with Gasteiger partial charge in [-0.25, -0.2) is 13.1 Å². The molecule has 2 aromatic carbocycles. The molecule has 1 aliphatic rings. The van der Waals surface area contributed by atoms with Gasteiger partial charge in [0, 0.05) is 19.6 Å². The zero-order valence-electron chi connectivity index (χ0n) is 17.8. The molecule has 1 fully saturated rings. The number of sulfonamides is 1. The first kappa shape index (κ1) is 22.3. The maximum atomic E-state index is 12.8. The van der Waals surface area contributed by atoms with Crippen LogP contribution in [0.25, 0.3) is 0 Å². The number of benzene rings is 2. The molecular weight excluding hydrogens is 400 g/mol. The number of methoxy groups -OCH3 is 1. The van der Waals surface area contributed by atoms with E-state index in [0.717, 1.165) is 35.3 Å². The van der Waals surface area contributed by atoms with Crippen LogP contribution in [0.3, 0.4) is 0 Å². The van der Waals surface area contributed by atoms with E-state index in [-0.39, 0.29) is 16.7 Å². The van der Waals surface area contributed by atoms with E-state index < -0.39 is 10.0 Å². The lowest BCUT2D eigenvalue weighted by Gasteiger charge is -2.33. The largest absolute Gasteiger partial charge is 0.496 e. The van der Waals surface area contributed by atoms with Crippen LogP contribution in [-0.4, -0.2) is 46.0 Å². The summed E-state index contributed by atoms with van der Waals surface area (Å²) in [6.45, 7) is 5.50. The van der Waals surface area contributed by atoms with E-state index in [1.165, 1.54) is 0 Å². The van der Waals surface area contributed by atoms with Crippen molar-refractivity contribution in [2.75, 3.05) is 26.7 Å². The molecule has 2 aromatic rings. The van der Waals surface area contributed by atoms with Gasteiger partial charge in [0.1, 0.15) is 5.75 Å². The van der Waals surface area contributed by atoms with Crippen LogP contribution >= 0.6 is 0 Å². The fraction of sp³-hybridized carbons (Fsp3) is 0.435. The number of hydrogen-bond acceptors (Lipinski definition) is 4. The number of rotatable bonds is 7. The smallest absolute Gasteiger partial charge is 0.240 e. The summed E-state index contributed by atoms with van der Waals surface area (Å²) >= 11 is 0. The highest BCUT2D eigenvalue weighted by molar-refractivity contribution is 7.89. The molecule has 6 nitrogen and oxygen atoms in total. The molecule has 7 heteroatoms. The highest BCUT2D eigenvalue weighted by Crippen LogP contribution is 2.22. The second kappa shape index (κ2) is 9.62. The van der Waals surface area contributed by atoms with Crippen molar-refractivity contribution in [1.82, 2.24) is 9.62 Å². The van der Waals surface area contributed by atoms with Gasteiger partial charge in [0.15, 0.2) is 0 Å². The molecule has 0 aromatic heterocycles. The molecule has 0 aliphatic carbocycles. The standard InChI is InChI=1S/C23H30N2O4S/c1-17-6-10-21(11-7-17)30(27,28)24-15-20-5-4-12-25(16-20)23(26)14-19-9-8-18(2)22(13-19)29-3/h6-11,13,20,24H,4-5,12,14-16H2,1-3H3. The molecular formula is C23H30N2O4S. The van der Waals surface area contributed by atoms with Crippen LogP contribution in [0.2, 0.25) is 0 Å². The van der Waals surface area contributed by atoms with Gasteiger partial charge in [0.25, 0.3) is 0 Å². The normalized spacial score (nSPS) is 17.0. The molecule has 1 N–H and O–H groups in total. The van der Waals surface area contributed by atoms with Crippen LogP contribution in [0.4, 0.5) is 0 Å². The third kappa shape index (κ3) is 5.61. The second-order valence-electron chi connectivity index (χ2n) is 7.99. The van der Waals surface area contributed by atoms with E-state index in [1.807, 2.05) is 36.9 Å². The molecule has 0 spiro atoms. The summed E-state index contributed by atoms with van der Waals surface area (Å²) in [4.78, 5) is 14.9. The van der Waals surface area contributed by atoms with Gasteiger partial charge >= 0.3 is 0 Å². The Bertz CT molecular complexity index is 987. The van der Waals surface area contributed by atoms with Crippen molar-refractivity contribution >= 4 is 15.9 Å². The van der Waals surface area contributed by atoms with Crippen LogP contribution in [0, 0.1) is 19.8 Å². The van der Waals surface area contributed by atoms with Crippen molar-refractivity contribution in [1.29, 1.82) is 0 Å². The molecule has 0 radical (unpaired) electrons. The zero-order valence-corrected chi connectivity index (χ0v) is 18.7. The number of hydrogen-bond donors (Lipinski definition) is 1. The van der Waals surface area contributed by atoms with E-state index in [2.05, 4.69) is 4.72 Å². The van der Waals surface area contributed by atoms with E-state index >= 15 is 0 Å². The molecule has 0 bridgehead atoms. The molecule has 30 heavy (non-hydrogen) atoms. The quantitative estimate of drug-likeness (QED) is 0.733. The Morgan fingerprint density at radius 1 is 1.17 bits per heavy atom. The first-order valence-corrected chi connectivity index (χ1v) is 11.7. The number of carbonyl (C=O) groups is 1. The van der Waals surface area contributed by atoms with Crippen molar-refractivity contribution in [3.63, 3.8) is 0 Å². The highest BCUT2D eigenvalue weighted by atomic mass is 32.2. The summed E-state index contributed by atoms with van der Waals surface area (Å²) in [6.07, 6.45) is 2.09. The van der Waals surface area contributed by atoms with E-state index in [0.29, 0.717) is 26.1 Å². The highest BCUT2D eigenvalue weighted by Gasteiger charge is 2.25. The molecule has 0 saturated carbocycles. The minimum absolute atomic E-state index is 0.0620. The van der Waals surface area contributed by atoms with Crippen LogP contribution in [0.1, 0.15) is 29.5 Å². The predicted molar refractivity (Wildman–Crippen MR) is 117 cm³/mol. The number of ether oxygens (including phenoxy) is 1. The SMILES string of the molecule is COc1cc(CC(=O)N2CCCC(CNS(=O)(=O)c3ccc(C)cc3)C2)ccc1C. The van der Waals surface area contributed by atoms with Gasteiger partial charge in [0.2, 0.25) is 15.9 Å². The number of nitrogens with zero attached hydrogens (tertiary/aromatic N) is 1. The molecule has 3 rings (SSSR count). The summed E-state index contributed by atoms with van der Waals surface area (Å²) in [5, 5.41) is 0. The monoisotopic (exact) mass is 430 g/mol. The lowest BCUT2D eigenvalue weighted by Crippen LogP contribution is -2.44. The number of piperidine rings is 1. The number of aryl methyl sites for hydroxylation is 2. The average Bonchev–Trinajstić information content (AvgIpc) is 2.74. The fourth-order valence-electron chi connectivity index (χ4n) is 3.75. The van der Waals surface area contributed by atoms with Gasteiger partial charge in [-0.15, -0.1) is 0 Å². The van der Waals surface area contributed by atoms with Crippen LogP contribution in [0.15, 0.2) is 47.4 Å². The summed E-state index contributed by atoms with van der Waals surface area (Å²) in [6, 6.07) is 12.6. The summed E-state index contributed by atoms with van der Waals surface area (Å²) in [7, 11) is -1.92. The Hall–Kier alpha value is -2.38. The second-order valence-corrected chi connectivity index (χ2v) is 9.76. The van der Waals surface area contributed by atoms with Gasteiger partial charge in [-0.3, -0.25) is 4.79 Å². The molecule has 1 unspecified atom stereocenters. The third-order valence-electron chi connectivity index (χ3n) is 5.59. The topological polar surface area (TPSA) is 75.7 Å². The number of nitrogens with one attached hydrogen (secondary N) is 1. The van der Waals surface area contributed by atoms with Crippen molar-refractivity contribution in [3.05, 3.63) is 59.2 Å². The Kier molecular flexibility index (Phi) is 7.15. The number of amides is 1. The van der Waals surface area contributed by atoms with Crippen molar-refractivity contribution in [3.8, 4) is 5.75 Å². The predicted octanol–water partition coefficient (Wildman–Crippen LogP) is 3.07. The summed E-state index contributed by atoms with van der Waals surface area (Å²) in [5.41, 5.74) is 2.97. The van der Waals surface area contributed by atoms with Crippen LogP contribution in [-0.2, 0) is 21.2 Å². The number of carbonyl (C=O) groups excluding carboxylic acids is 1. The maximum absolute atomic E-state index is 12.8. The van der Waals surface area contributed by atoms with Gasteiger partial charge in [-0.1, -0.05) is 29.8 Å². The molecule has 1 atom stereocenters. The summed E-state index contributed by atoms with van der Waals surface area (Å²) < 4.78 is 33.1. The molecule has 1 saturated heterocycles. The van der Waals surface area contributed by atoms with Crippen molar-refractivity contribution < 1.29 is 17.9 Å². The number of likely N-dealkylation sites (tertiary alicyclic amines) is 1. The first-order valence-electron chi connectivity index (χ1n) is 10.3. The lowest BCUT2D eigenvalue weighted by atomic mass is 9.97. The third-order valence-corrected chi connectivity index (χ3v) is 7.03. The van der Waals surface area contributed by atoms with Gasteiger partial charge in [0.05, 0.1) is 18.4 Å². The molecule has 1 heterocycles. The van der Waals surface area contributed by atoms with Gasteiger partial charge < -0.3 is 9.64 Å². The minimum Gasteiger partial charge on any atom is -0.496 e. The Labute approximate surface area is 179 Å². The van der Waals surface area contributed by atoms with Crippen molar-refractivity contribution in [2.45, 2.75) is 38.0 Å². The van der Waals surface area contributed by atoms with Crippen LogP contribution < -0.4 is 9.46 Å². The van der Waals surface area contributed by atoms with E-state index in [4.69, 9.17) is 4.74 Å². The summed E-state index contributed by atoms with van der Waals surface area (Å²) in [5.74, 6) is 0.949. The molecule has 162 valence electrons. The molecule has 1 amide bonds. The fourth-order valence-corrected chi connectivity index (χ4v) is 4.86. The zero-order chi connectivity index (χ0) is 21.7. The van der Waals surface area contributed by atoms with E-state index in [1.54, 1.807) is 31.4 Å². The lowest BCUT2D eigenvalue weighted by molar-refractivity contribution is -0.132. The minimum atomic E-state index is -3.54. The first-order chi connectivity index (χ1) is 14.3. The van der Waals surface area contributed by atoms with Gasteiger partial charge in [-0.05, 0) is 61.9 Å². The Morgan fingerprint density at radius 3 is 2.60 bits per heavy atom. The average molecular weight is 431 g/mol. The Morgan fingerprint density at radius 2 is 1.90 bits per heavy atom. The van der Waals surface area contributed by atoms with Crippen LogP contribution in [0.5, 0.6) is 5.75 Å².